The SMILES string of the molecule is NNC1CCC1. The first-order valence-electron chi connectivity index (χ1n) is 2.39. The van der Waals surface area contributed by atoms with E-state index in [0.29, 0.717) is 6.04 Å². The van der Waals surface area contributed by atoms with Crippen LogP contribution in [0.25, 0.3) is 0 Å². The number of nitrogens with one attached hydrogen (secondary N) is 1. The molecule has 0 aromatic carbocycles. The zero-order chi connectivity index (χ0) is 4.41. The standard InChI is InChI=1S/C4H10N2/c5-6-4-2-1-3-4/h4,6H,1-3,5H2. The fraction of sp³-hybridized carbons (Fsp3) is 1.00. The van der Waals surface area contributed by atoms with Gasteiger partial charge >= 0.3 is 0 Å². The van der Waals surface area contributed by atoms with Crippen molar-refractivity contribution in [2.45, 2.75) is 25.3 Å². The molecule has 0 aromatic heterocycles. The van der Waals surface area contributed by atoms with Crippen molar-refractivity contribution in [2.75, 3.05) is 0 Å². The van der Waals surface area contributed by atoms with Crippen LogP contribution >= 0.6 is 0 Å². The van der Waals surface area contributed by atoms with Gasteiger partial charge in [0.15, 0.2) is 0 Å². The predicted molar refractivity (Wildman–Crippen MR) is 25.0 cm³/mol. The molecule has 0 aliphatic heterocycles. The Morgan fingerprint density at radius 1 is 1.50 bits per heavy atom. The predicted octanol–water partition coefficient (Wildman–Crippen LogP) is 0.00220. The number of rotatable bonds is 1. The van der Waals surface area contributed by atoms with Crippen molar-refractivity contribution in [2.24, 2.45) is 5.84 Å². The fourth-order valence-electron chi connectivity index (χ4n) is 0.575. The molecule has 0 bridgehead atoms. The van der Waals surface area contributed by atoms with Gasteiger partial charge in [-0.2, -0.15) is 0 Å². The number of nitrogens with two attached hydrogens (primary N) is 1. The van der Waals surface area contributed by atoms with Gasteiger partial charge < -0.3 is 0 Å². The van der Waals surface area contributed by atoms with Crippen LogP contribution in [0.1, 0.15) is 19.3 Å². The summed E-state index contributed by atoms with van der Waals surface area (Å²) < 4.78 is 0. The first-order valence-corrected chi connectivity index (χ1v) is 2.39. The minimum Gasteiger partial charge on any atom is -0.271 e. The van der Waals surface area contributed by atoms with Crippen molar-refractivity contribution in [1.82, 2.24) is 5.43 Å². The molecule has 2 nitrogen and oxygen atoms in total. The van der Waals surface area contributed by atoms with E-state index in [-0.39, 0.29) is 0 Å². The molecule has 0 saturated heterocycles. The van der Waals surface area contributed by atoms with Gasteiger partial charge in [0.2, 0.25) is 0 Å². The smallest absolute Gasteiger partial charge is 0.0210 e. The first kappa shape index (κ1) is 4.09. The minimum atomic E-state index is 0.644. The molecule has 6 heavy (non-hydrogen) atoms. The highest BCUT2D eigenvalue weighted by Gasteiger charge is 2.13. The molecule has 36 valence electrons. The Morgan fingerprint density at radius 3 is 2.17 bits per heavy atom. The first-order chi connectivity index (χ1) is 2.93. The van der Waals surface area contributed by atoms with E-state index in [1.165, 1.54) is 19.3 Å². The highest BCUT2D eigenvalue weighted by Crippen LogP contribution is 2.16. The van der Waals surface area contributed by atoms with Crippen molar-refractivity contribution in [1.29, 1.82) is 0 Å². The zero-order valence-corrected chi connectivity index (χ0v) is 3.78. The van der Waals surface area contributed by atoms with Crippen LogP contribution in [-0.2, 0) is 0 Å². The Balaban J connectivity index is 2.01. The van der Waals surface area contributed by atoms with E-state index < -0.39 is 0 Å². The molecule has 1 fully saturated rings. The molecule has 0 radical (unpaired) electrons. The van der Waals surface area contributed by atoms with E-state index in [9.17, 15) is 0 Å². The fourth-order valence-corrected chi connectivity index (χ4v) is 0.575. The summed E-state index contributed by atoms with van der Waals surface area (Å²) >= 11 is 0. The summed E-state index contributed by atoms with van der Waals surface area (Å²) in [5.74, 6) is 5.08. The molecule has 0 atom stereocenters. The second-order valence-corrected chi connectivity index (χ2v) is 1.79. The summed E-state index contributed by atoms with van der Waals surface area (Å²) in [6, 6.07) is 0.644. The van der Waals surface area contributed by atoms with Crippen molar-refractivity contribution < 1.29 is 0 Å². The average Bonchev–Trinajstić information content (AvgIpc) is 1.31. The van der Waals surface area contributed by atoms with Gasteiger partial charge in [-0.15, -0.1) is 0 Å². The molecular weight excluding hydrogens is 76.1 g/mol. The van der Waals surface area contributed by atoms with Gasteiger partial charge in [0.25, 0.3) is 0 Å². The van der Waals surface area contributed by atoms with Crippen LogP contribution < -0.4 is 11.3 Å². The summed E-state index contributed by atoms with van der Waals surface area (Å²) in [7, 11) is 0. The second kappa shape index (κ2) is 1.58. The van der Waals surface area contributed by atoms with Gasteiger partial charge in [0.1, 0.15) is 0 Å². The lowest BCUT2D eigenvalue weighted by atomic mass is 9.94. The summed E-state index contributed by atoms with van der Waals surface area (Å²) in [6.45, 7) is 0. The van der Waals surface area contributed by atoms with Gasteiger partial charge in [-0.25, -0.2) is 0 Å². The van der Waals surface area contributed by atoms with Gasteiger partial charge in [-0.05, 0) is 12.8 Å². The third-order valence-electron chi connectivity index (χ3n) is 1.34. The third kappa shape index (κ3) is 0.533. The molecule has 1 aliphatic rings. The van der Waals surface area contributed by atoms with Crippen LogP contribution in [0, 0.1) is 0 Å². The molecule has 0 aromatic rings. The molecule has 1 aliphatic carbocycles. The maximum absolute atomic E-state index is 5.08. The van der Waals surface area contributed by atoms with E-state index in [2.05, 4.69) is 5.43 Å². The van der Waals surface area contributed by atoms with Crippen molar-refractivity contribution in [3.63, 3.8) is 0 Å². The highest BCUT2D eigenvalue weighted by molar-refractivity contribution is 4.72. The monoisotopic (exact) mass is 86.1 g/mol. The van der Waals surface area contributed by atoms with Crippen LogP contribution in [-0.4, -0.2) is 6.04 Å². The Bertz CT molecular complexity index is 38.1. The number of hydrogen-bond donors (Lipinski definition) is 2. The normalized spacial score (nSPS) is 23.5. The van der Waals surface area contributed by atoms with E-state index in [0.717, 1.165) is 0 Å². The number of hydrogen-bond acceptors (Lipinski definition) is 2. The summed E-state index contributed by atoms with van der Waals surface area (Å²) in [4.78, 5) is 0. The van der Waals surface area contributed by atoms with Crippen molar-refractivity contribution >= 4 is 0 Å². The van der Waals surface area contributed by atoms with Crippen molar-refractivity contribution in [3.8, 4) is 0 Å². The largest absolute Gasteiger partial charge is 0.271 e. The summed E-state index contributed by atoms with van der Waals surface area (Å²) in [5.41, 5.74) is 2.70. The average molecular weight is 86.1 g/mol. The van der Waals surface area contributed by atoms with Crippen LogP contribution in [0.2, 0.25) is 0 Å². The van der Waals surface area contributed by atoms with E-state index >= 15 is 0 Å². The Labute approximate surface area is 37.7 Å². The molecule has 2 heteroatoms. The maximum Gasteiger partial charge on any atom is 0.0210 e. The summed E-state index contributed by atoms with van der Waals surface area (Å²) in [6.07, 6.45) is 3.90. The van der Waals surface area contributed by atoms with Crippen LogP contribution in [0.5, 0.6) is 0 Å². The van der Waals surface area contributed by atoms with Crippen LogP contribution in [0.3, 0.4) is 0 Å². The van der Waals surface area contributed by atoms with Crippen molar-refractivity contribution in [3.05, 3.63) is 0 Å². The quantitative estimate of drug-likeness (QED) is 0.348. The van der Waals surface area contributed by atoms with E-state index in [4.69, 9.17) is 5.84 Å². The van der Waals surface area contributed by atoms with E-state index in [1.807, 2.05) is 0 Å². The van der Waals surface area contributed by atoms with E-state index in [1.54, 1.807) is 0 Å². The second-order valence-electron chi connectivity index (χ2n) is 1.79. The topological polar surface area (TPSA) is 38.0 Å². The van der Waals surface area contributed by atoms with Crippen LogP contribution in [0.15, 0.2) is 0 Å². The third-order valence-corrected chi connectivity index (χ3v) is 1.34. The van der Waals surface area contributed by atoms with Crippen LogP contribution in [0.4, 0.5) is 0 Å². The van der Waals surface area contributed by atoms with Gasteiger partial charge in [0.05, 0.1) is 0 Å². The lowest BCUT2D eigenvalue weighted by Gasteiger charge is -2.23. The molecule has 0 unspecified atom stereocenters. The molecular formula is C4H10N2. The molecule has 0 heterocycles. The molecule has 0 spiro atoms. The molecule has 3 N–H and O–H groups in total. The Hall–Kier alpha value is -0.0800. The number of hydrazine groups is 1. The maximum atomic E-state index is 5.08. The lowest BCUT2D eigenvalue weighted by Crippen LogP contribution is -2.39. The molecule has 1 saturated carbocycles. The van der Waals surface area contributed by atoms with Gasteiger partial charge in [0, 0.05) is 6.04 Å². The molecule has 0 amide bonds. The lowest BCUT2D eigenvalue weighted by molar-refractivity contribution is 0.345. The highest BCUT2D eigenvalue weighted by atomic mass is 15.2. The minimum absolute atomic E-state index is 0.644. The summed E-state index contributed by atoms with van der Waals surface area (Å²) in [5, 5.41) is 0. The Morgan fingerprint density at radius 2 is 2.17 bits per heavy atom. The van der Waals surface area contributed by atoms with Gasteiger partial charge in [-0.1, -0.05) is 6.42 Å². The molecule has 1 rings (SSSR count). The Kier molecular flexibility index (Phi) is 1.08. The van der Waals surface area contributed by atoms with Gasteiger partial charge in [-0.3, -0.25) is 11.3 Å². The zero-order valence-electron chi connectivity index (χ0n) is 3.78.